The van der Waals surface area contributed by atoms with E-state index in [0.717, 1.165) is 11.3 Å². The van der Waals surface area contributed by atoms with Crippen molar-refractivity contribution in [2.45, 2.75) is 6.18 Å². The zero-order valence-electron chi connectivity index (χ0n) is 6.73. The molecule has 2 aromatic rings. The molecule has 5 heteroatoms. The largest absolute Gasteiger partial charge is 0.418 e. The molecule has 0 atom stereocenters. The van der Waals surface area contributed by atoms with Crippen LogP contribution in [0.4, 0.5) is 13.2 Å². The third-order valence-corrected chi connectivity index (χ3v) is 3.68. The Hall–Kier alpha value is -0.550. The molecule has 0 aliphatic rings. The van der Waals surface area contributed by atoms with Crippen molar-refractivity contribution in [1.82, 2.24) is 0 Å². The topological polar surface area (TPSA) is 0 Å². The van der Waals surface area contributed by atoms with E-state index in [2.05, 4.69) is 15.9 Å². The van der Waals surface area contributed by atoms with Gasteiger partial charge in [-0.2, -0.15) is 13.2 Å². The van der Waals surface area contributed by atoms with Crippen molar-refractivity contribution >= 4 is 37.4 Å². The summed E-state index contributed by atoms with van der Waals surface area (Å²) in [7, 11) is 0. The van der Waals surface area contributed by atoms with Crippen LogP contribution in [0.15, 0.2) is 28.1 Å². The number of hydrogen-bond acceptors (Lipinski definition) is 1. The maximum absolute atomic E-state index is 12.6. The van der Waals surface area contributed by atoms with Gasteiger partial charge in [-0.25, -0.2) is 0 Å². The number of rotatable bonds is 0. The van der Waals surface area contributed by atoms with E-state index in [1.807, 2.05) is 0 Å². The van der Waals surface area contributed by atoms with E-state index in [-0.39, 0.29) is 9.17 Å². The molecule has 0 fully saturated rings. The standard InChI is InChI=1S/C9H4BrF3S/c10-8-7(9(11,12)13)5-3-1-2-4-6(5)14-8/h1-4H. The van der Waals surface area contributed by atoms with Crippen LogP contribution in [0.5, 0.6) is 0 Å². The summed E-state index contributed by atoms with van der Waals surface area (Å²) >= 11 is 4.05. The van der Waals surface area contributed by atoms with Crippen molar-refractivity contribution in [3.63, 3.8) is 0 Å². The Bertz CT molecular complexity index is 472. The summed E-state index contributed by atoms with van der Waals surface area (Å²) in [6.07, 6.45) is -4.29. The molecular formula is C9H4BrF3S. The molecule has 1 aromatic carbocycles. The van der Waals surface area contributed by atoms with Gasteiger partial charge in [0.25, 0.3) is 0 Å². The predicted octanol–water partition coefficient (Wildman–Crippen LogP) is 4.68. The summed E-state index contributed by atoms with van der Waals surface area (Å²) < 4.78 is 38.6. The monoisotopic (exact) mass is 280 g/mol. The maximum atomic E-state index is 12.6. The lowest BCUT2D eigenvalue weighted by molar-refractivity contribution is -0.136. The van der Waals surface area contributed by atoms with E-state index in [1.165, 1.54) is 6.07 Å². The second-order valence-corrected chi connectivity index (χ2v) is 5.11. The van der Waals surface area contributed by atoms with Crippen LogP contribution >= 0.6 is 27.3 Å². The van der Waals surface area contributed by atoms with Gasteiger partial charge < -0.3 is 0 Å². The van der Waals surface area contributed by atoms with Crippen molar-refractivity contribution < 1.29 is 13.2 Å². The third-order valence-electron chi connectivity index (χ3n) is 1.84. The van der Waals surface area contributed by atoms with Gasteiger partial charge >= 0.3 is 6.18 Å². The molecule has 0 nitrogen and oxygen atoms in total. The Morgan fingerprint density at radius 2 is 1.79 bits per heavy atom. The Kier molecular flexibility index (Phi) is 2.31. The van der Waals surface area contributed by atoms with Crippen LogP contribution in [0.3, 0.4) is 0 Å². The van der Waals surface area contributed by atoms with Crippen LogP contribution in [0.2, 0.25) is 0 Å². The van der Waals surface area contributed by atoms with Gasteiger partial charge in [0, 0.05) is 10.1 Å². The molecule has 74 valence electrons. The Morgan fingerprint density at radius 1 is 1.14 bits per heavy atom. The molecule has 0 saturated carbocycles. The van der Waals surface area contributed by atoms with E-state index in [9.17, 15) is 13.2 Å². The molecule has 0 spiro atoms. The lowest BCUT2D eigenvalue weighted by Crippen LogP contribution is -2.04. The lowest BCUT2D eigenvalue weighted by atomic mass is 10.2. The minimum Gasteiger partial charge on any atom is -0.166 e. The van der Waals surface area contributed by atoms with Gasteiger partial charge in [0.2, 0.25) is 0 Å². The number of halogens is 4. The normalized spacial score (nSPS) is 12.3. The van der Waals surface area contributed by atoms with Crippen molar-refractivity contribution in [3.8, 4) is 0 Å². The van der Waals surface area contributed by atoms with E-state index in [0.29, 0.717) is 4.70 Å². The minimum absolute atomic E-state index is 0.145. The molecule has 0 amide bonds. The summed E-state index contributed by atoms with van der Waals surface area (Å²) in [4.78, 5) is 0. The summed E-state index contributed by atoms with van der Waals surface area (Å²) in [5.74, 6) is 0. The smallest absolute Gasteiger partial charge is 0.166 e. The maximum Gasteiger partial charge on any atom is 0.418 e. The summed E-state index contributed by atoms with van der Waals surface area (Å²) in [5, 5.41) is 0.261. The SMILES string of the molecule is FC(F)(F)c1c(Br)sc2ccccc12. The van der Waals surface area contributed by atoms with E-state index in [1.54, 1.807) is 18.2 Å². The van der Waals surface area contributed by atoms with Gasteiger partial charge in [0.15, 0.2) is 0 Å². The summed E-state index contributed by atoms with van der Waals surface area (Å²) in [5.41, 5.74) is -0.571. The molecular weight excluding hydrogens is 277 g/mol. The van der Waals surface area contributed by atoms with Gasteiger partial charge in [-0.05, 0) is 22.0 Å². The summed E-state index contributed by atoms with van der Waals surface area (Å²) in [6.45, 7) is 0. The highest BCUT2D eigenvalue weighted by atomic mass is 79.9. The highest BCUT2D eigenvalue weighted by molar-refractivity contribution is 9.11. The number of alkyl halides is 3. The lowest BCUT2D eigenvalue weighted by Gasteiger charge is -2.05. The van der Waals surface area contributed by atoms with Gasteiger partial charge in [0.05, 0.1) is 9.35 Å². The Labute approximate surface area is 90.5 Å². The highest BCUT2D eigenvalue weighted by Crippen LogP contribution is 2.44. The number of benzene rings is 1. The molecule has 0 N–H and O–H groups in total. The molecule has 1 aromatic heterocycles. The fourth-order valence-corrected chi connectivity index (χ4v) is 3.19. The Balaban J connectivity index is 2.81. The molecule has 14 heavy (non-hydrogen) atoms. The molecule has 0 aliphatic carbocycles. The van der Waals surface area contributed by atoms with Crippen LogP contribution in [0.25, 0.3) is 10.1 Å². The van der Waals surface area contributed by atoms with Crippen molar-refractivity contribution in [2.24, 2.45) is 0 Å². The third kappa shape index (κ3) is 1.54. The van der Waals surface area contributed by atoms with Gasteiger partial charge in [-0.1, -0.05) is 18.2 Å². The molecule has 0 saturated heterocycles. The quantitative estimate of drug-likeness (QED) is 0.657. The number of fused-ring (bicyclic) bond motifs is 1. The average molecular weight is 281 g/mol. The Morgan fingerprint density at radius 3 is 2.43 bits per heavy atom. The van der Waals surface area contributed by atoms with Crippen LogP contribution in [-0.2, 0) is 6.18 Å². The molecule has 0 unspecified atom stereocenters. The first-order chi connectivity index (χ1) is 6.50. The average Bonchev–Trinajstić information content (AvgIpc) is 2.38. The van der Waals surface area contributed by atoms with Crippen LogP contribution in [0, 0.1) is 0 Å². The van der Waals surface area contributed by atoms with Gasteiger partial charge in [-0.15, -0.1) is 11.3 Å². The second kappa shape index (κ2) is 3.24. The summed E-state index contributed by atoms with van der Waals surface area (Å²) in [6, 6.07) is 6.50. The van der Waals surface area contributed by atoms with Crippen LogP contribution in [-0.4, -0.2) is 0 Å². The van der Waals surface area contributed by atoms with Crippen LogP contribution in [0.1, 0.15) is 5.56 Å². The first kappa shape index (κ1) is 9.98. The first-order valence-corrected chi connectivity index (χ1v) is 5.35. The minimum atomic E-state index is -4.29. The van der Waals surface area contributed by atoms with Crippen LogP contribution < -0.4 is 0 Å². The first-order valence-electron chi connectivity index (χ1n) is 3.74. The zero-order valence-corrected chi connectivity index (χ0v) is 9.13. The zero-order chi connectivity index (χ0) is 10.3. The number of hydrogen-bond donors (Lipinski definition) is 0. The fraction of sp³-hybridized carbons (Fsp3) is 0.111. The molecule has 1 heterocycles. The van der Waals surface area contributed by atoms with Gasteiger partial charge in [-0.3, -0.25) is 0 Å². The van der Waals surface area contributed by atoms with E-state index < -0.39 is 11.7 Å². The van der Waals surface area contributed by atoms with Crippen molar-refractivity contribution in [1.29, 1.82) is 0 Å². The van der Waals surface area contributed by atoms with Crippen molar-refractivity contribution in [2.75, 3.05) is 0 Å². The second-order valence-electron chi connectivity index (χ2n) is 2.74. The fourth-order valence-electron chi connectivity index (χ4n) is 1.28. The predicted molar refractivity (Wildman–Crippen MR) is 54.5 cm³/mol. The van der Waals surface area contributed by atoms with E-state index >= 15 is 0 Å². The molecule has 0 radical (unpaired) electrons. The van der Waals surface area contributed by atoms with Crippen molar-refractivity contribution in [3.05, 3.63) is 33.6 Å². The highest BCUT2D eigenvalue weighted by Gasteiger charge is 2.36. The molecule has 2 rings (SSSR count). The van der Waals surface area contributed by atoms with E-state index in [4.69, 9.17) is 0 Å². The number of thiophene rings is 1. The van der Waals surface area contributed by atoms with Gasteiger partial charge in [0.1, 0.15) is 0 Å². The molecule has 0 bridgehead atoms. The molecule has 0 aliphatic heterocycles.